The number of nitrogens with zero attached hydrogens (tertiary/aromatic N) is 1. The van der Waals surface area contributed by atoms with E-state index in [0.29, 0.717) is 5.75 Å². The molecule has 3 N–H and O–H groups in total. The van der Waals surface area contributed by atoms with E-state index in [4.69, 9.17) is 14.6 Å². The fourth-order valence-electron chi connectivity index (χ4n) is 2.02. The molecule has 0 saturated carbocycles. The Morgan fingerprint density at radius 2 is 1.66 bits per heavy atom. The van der Waals surface area contributed by atoms with E-state index in [1.54, 1.807) is 6.20 Å². The lowest BCUT2D eigenvalue weighted by Gasteiger charge is -2.08. The number of nitrogens with one attached hydrogen (secondary N) is 2. The Balaban J connectivity index is 0.000000370. The summed E-state index contributed by atoms with van der Waals surface area (Å²) in [6.45, 7) is -0.0203. The maximum atomic E-state index is 11.8. The van der Waals surface area contributed by atoms with Gasteiger partial charge in [0.25, 0.3) is 5.91 Å². The lowest BCUT2D eigenvalue weighted by atomic mass is 10.1. The van der Waals surface area contributed by atoms with Gasteiger partial charge < -0.3 is 15.2 Å². The standard InChI is InChI=1S/C17H15N3O2.C2HF3O2/c21-17(12-22-16-4-2-1-3-5-16)20-15-8-6-13(7-9-15)14-10-18-19-11-14;3-2(4,5)1(6)7/h1-11H,12H2,(H,18,19)(H,20,21);(H,6,7). The van der Waals surface area contributed by atoms with E-state index in [-0.39, 0.29) is 12.5 Å². The second-order valence-electron chi connectivity index (χ2n) is 5.52. The quantitative estimate of drug-likeness (QED) is 0.598. The van der Waals surface area contributed by atoms with Gasteiger partial charge in [-0.05, 0) is 29.8 Å². The van der Waals surface area contributed by atoms with Crippen molar-refractivity contribution >= 4 is 17.6 Å². The van der Waals surface area contributed by atoms with Gasteiger partial charge in [0.2, 0.25) is 0 Å². The van der Waals surface area contributed by atoms with Gasteiger partial charge in [-0.25, -0.2) is 4.79 Å². The number of halogens is 3. The van der Waals surface area contributed by atoms with Crippen molar-refractivity contribution < 1.29 is 32.6 Å². The molecular weight excluding hydrogens is 391 g/mol. The van der Waals surface area contributed by atoms with Gasteiger partial charge in [0, 0.05) is 17.4 Å². The van der Waals surface area contributed by atoms with Crippen LogP contribution in [-0.2, 0) is 9.59 Å². The van der Waals surface area contributed by atoms with Gasteiger partial charge in [0.1, 0.15) is 5.75 Å². The van der Waals surface area contributed by atoms with Crippen LogP contribution in [0.1, 0.15) is 0 Å². The summed E-state index contributed by atoms with van der Waals surface area (Å²) in [5.74, 6) is -2.28. The van der Waals surface area contributed by atoms with Crippen molar-refractivity contribution in [2.24, 2.45) is 0 Å². The fraction of sp³-hybridized carbons (Fsp3) is 0.105. The van der Waals surface area contributed by atoms with Crippen LogP contribution in [0.3, 0.4) is 0 Å². The van der Waals surface area contributed by atoms with Gasteiger partial charge in [0.05, 0.1) is 6.20 Å². The molecule has 0 aliphatic heterocycles. The molecule has 1 heterocycles. The van der Waals surface area contributed by atoms with Gasteiger partial charge in [-0.15, -0.1) is 0 Å². The normalized spacial score (nSPS) is 10.4. The highest BCUT2D eigenvalue weighted by Gasteiger charge is 2.38. The Morgan fingerprint density at radius 3 is 2.17 bits per heavy atom. The molecule has 0 spiro atoms. The highest BCUT2D eigenvalue weighted by Crippen LogP contribution is 2.20. The number of ether oxygens (including phenoxy) is 1. The Morgan fingerprint density at radius 1 is 1.03 bits per heavy atom. The van der Waals surface area contributed by atoms with E-state index in [1.807, 2.05) is 60.8 Å². The average molecular weight is 407 g/mol. The van der Waals surface area contributed by atoms with Gasteiger partial charge in [-0.2, -0.15) is 18.3 Å². The number of hydrogen-bond donors (Lipinski definition) is 3. The average Bonchev–Trinajstić information content (AvgIpc) is 3.22. The second-order valence-corrected chi connectivity index (χ2v) is 5.52. The molecule has 0 radical (unpaired) electrons. The Hall–Kier alpha value is -3.82. The van der Waals surface area contributed by atoms with Gasteiger partial charge in [0.15, 0.2) is 6.61 Å². The molecule has 0 atom stereocenters. The molecule has 0 aliphatic carbocycles. The molecule has 152 valence electrons. The molecule has 0 bridgehead atoms. The molecule has 2 aromatic carbocycles. The number of hydrogen-bond acceptors (Lipinski definition) is 4. The highest BCUT2D eigenvalue weighted by molar-refractivity contribution is 5.92. The van der Waals surface area contributed by atoms with Crippen molar-refractivity contribution in [2.45, 2.75) is 6.18 Å². The van der Waals surface area contributed by atoms with Crippen molar-refractivity contribution in [2.75, 3.05) is 11.9 Å². The first-order valence-electron chi connectivity index (χ1n) is 8.13. The summed E-state index contributed by atoms with van der Waals surface area (Å²) in [6, 6.07) is 16.8. The molecule has 3 rings (SSSR count). The largest absolute Gasteiger partial charge is 0.490 e. The minimum absolute atomic E-state index is 0.0203. The van der Waals surface area contributed by atoms with Crippen molar-refractivity contribution in [3.63, 3.8) is 0 Å². The van der Waals surface area contributed by atoms with E-state index in [9.17, 15) is 18.0 Å². The number of carboxylic acid groups (broad SMARTS) is 1. The summed E-state index contributed by atoms with van der Waals surface area (Å²) < 4.78 is 37.1. The topological polar surface area (TPSA) is 104 Å². The van der Waals surface area contributed by atoms with Crippen LogP contribution >= 0.6 is 0 Å². The second kappa shape index (κ2) is 9.93. The van der Waals surface area contributed by atoms with Crippen LogP contribution in [-0.4, -0.2) is 40.0 Å². The number of alkyl halides is 3. The number of aromatic nitrogens is 2. The van der Waals surface area contributed by atoms with E-state index < -0.39 is 12.1 Å². The van der Waals surface area contributed by atoms with Crippen molar-refractivity contribution in [3.8, 4) is 16.9 Å². The van der Waals surface area contributed by atoms with Crippen LogP contribution < -0.4 is 10.1 Å². The number of anilines is 1. The summed E-state index contributed by atoms with van der Waals surface area (Å²) in [5.41, 5.74) is 2.77. The first-order chi connectivity index (χ1) is 13.8. The Kier molecular flexibility index (Phi) is 7.35. The highest BCUT2D eigenvalue weighted by atomic mass is 19.4. The summed E-state index contributed by atoms with van der Waals surface area (Å²) in [7, 11) is 0. The number of carbonyl (C=O) groups excluding carboxylic acids is 1. The third-order valence-corrected chi connectivity index (χ3v) is 3.36. The van der Waals surface area contributed by atoms with Crippen molar-refractivity contribution in [1.29, 1.82) is 0 Å². The van der Waals surface area contributed by atoms with E-state index in [1.165, 1.54) is 0 Å². The zero-order chi connectivity index (χ0) is 21.3. The van der Waals surface area contributed by atoms with Crippen LogP contribution in [0.5, 0.6) is 5.75 Å². The molecule has 1 amide bonds. The molecule has 10 heteroatoms. The zero-order valence-electron chi connectivity index (χ0n) is 14.8. The molecule has 0 saturated heterocycles. The van der Waals surface area contributed by atoms with Crippen molar-refractivity contribution in [3.05, 3.63) is 67.0 Å². The van der Waals surface area contributed by atoms with Gasteiger partial charge in [-0.1, -0.05) is 30.3 Å². The van der Waals surface area contributed by atoms with E-state index in [2.05, 4.69) is 15.5 Å². The predicted octanol–water partition coefficient (Wildman–Crippen LogP) is 3.73. The number of carboxylic acids is 1. The Labute approximate surface area is 163 Å². The van der Waals surface area contributed by atoms with Crippen LogP contribution in [0.4, 0.5) is 18.9 Å². The number of rotatable bonds is 5. The SMILES string of the molecule is O=C(COc1ccccc1)Nc1ccc(-c2cn[nH]c2)cc1.O=C(O)C(F)(F)F. The Bertz CT molecular complexity index is 912. The third kappa shape index (κ3) is 7.37. The summed E-state index contributed by atoms with van der Waals surface area (Å²) in [4.78, 5) is 20.7. The maximum Gasteiger partial charge on any atom is 0.490 e. The summed E-state index contributed by atoms with van der Waals surface area (Å²) in [6.07, 6.45) is -1.51. The number of benzene rings is 2. The first-order valence-corrected chi connectivity index (χ1v) is 8.13. The number of para-hydroxylation sites is 1. The first kappa shape index (κ1) is 21.5. The third-order valence-electron chi connectivity index (χ3n) is 3.36. The number of H-pyrrole nitrogens is 1. The van der Waals surface area contributed by atoms with E-state index >= 15 is 0 Å². The summed E-state index contributed by atoms with van der Waals surface area (Å²) >= 11 is 0. The van der Waals surface area contributed by atoms with Crippen LogP contribution in [0, 0.1) is 0 Å². The predicted molar refractivity (Wildman–Crippen MR) is 98.3 cm³/mol. The smallest absolute Gasteiger partial charge is 0.484 e. The fourth-order valence-corrected chi connectivity index (χ4v) is 2.02. The number of aromatic amines is 1. The molecule has 7 nitrogen and oxygen atoms in total. The molecule has 0 unspecified atom stereocenters. The molecule has 0 fully saturated rings. The van der Waals surface area contributed by atoms with Gasteiger partial charge in [-0.3, -0.25) is 9.89 Å². The molecule has 1 aromatic heterocycles. The monoisotopic (exact) mass is 407 g/mol. The molecule has 29 heavy (non-hydrogen) atoms. The lowest BCUT2D eigenvalue weighted by Crippen LogP contribution is -2.21. The van der Waals surface area contributed by atoms with Crippen LogP contribution in [0.15, 0.2) is 67.0 Å². The number of amides is 1. The lowest BCUT2D eigenvalue weighted by molar-refractivity contribution is -0.192. The minimum Gasteiger partial charge on any atom is -0.484 e. The minimum atomic E-state index is -5.08. The van der Waals surface area contributed by atoms with E-state index in [0.717, 1.165) is 16.8 Å². The van der Waals surface area contributed by atoms with Crippen molar-refractivity contribution in [1.82, 2.24) is 10.2 Å². The van der Waals surface area contributed by atoms with Crippen LogP contribution in [0.25, 0.3) is 11.1 Å². The maximum absolute atomic E-state index is 11.8. The zero-order valence-corrected chi connectivity index (χ0v) is 14.8. The molecular formula is C19H16F3N3O4. The number of carbonyl (C=O) groups is 2. The molecule has 0 aliphatic rings. The molecule has 3 aromatic rings. The van der Waals surface area contributed by atoms with Gasteiger partial charge >= 0.3 is 12.1 Å². The van der Waals surface area contributed by atoms with Crippen LogP contribution in [0.2, 0.25) is 0 Å². The number of aliphatic carboxylic acids is 1. The summed E-state index contributed by atoms with van der Waals surface area (Å²) in [5, 5.41) is 16.6.